The topological polar surface area (TPSA) is 20.2 Å². The van der Waals surface area contributed by atoms with Crippen LogP contribution in [0.4, 0.5) is 0 Å². The summed E-state index contributed by atoms with van der Waals surface area (Å²) in [5, 5.41) is 9.28. The van der Waals surface area contributed by atoms with E-state index >= 15 is 0 Å². The summed E-state index contributed by atoms with van der Waals surface area (Å²) in [6.45, 7) is 2.28. The molecular weight excluding hydrogens is 160 g/mol. The minimum atomic E-state index is -0.0295. The lowest BCUT2D eigenvalue weighted by atomic mass is 9.65. The van der Waals surface area contributed by atoms with E-state index in [1.165, 1.54) is 18.4 Å². The summed E-state index contributed by atoms with van der Waals surface area (Å²) in [6, 6.07) is 0. The van der Waals surface area contributed by atoms with E-state index in [0.717, 1.165) is 19.3 Å². The van der Waals surface area contributed by atoms with E-state index < -0.39 is 0 Å². The molecule has 0 unspecified atom stereocenters. The van der Waals surface area contributed by atoms with Crippen LogP contribution in [0.15, 0.2) is 23.8 Å². The Labute approximate surface area is 80.2 Å². The van der Waals surface area contributed by atoms with Gasteiger partial charge in [-0.05, 0) is 37.5 Å². The monoisotopic (exact) mass is 178 g/mol. The smallest absolute Gasteiger partial charge is 0.0550 e. The molecule has 0 aromatic carbocycles. The molecule has 1 saturated carbocycles. The van der Waals surface area contributed by atoms with Crippen LogP contribution in [0.3, 0.4) is 0 Å². The van der Waals surface area contributed by atoms with Crippen LogP contribution >= 0.6 is 0 Å². The van der Waals surface area contributed by atoms with E-state index in [4.69, 9.17) is 0 Å². The predicted octanol–water partition coefficient (Wildman–Crippen LogP) is 2.81. The maximum atomic E-state index is 9.28. The zero-order valence-corrected chi connectivity index (χ0v) is 8.29. The molecule has 1 fully saturated rings. The Morgan fingerprint density at radius 1 is 1.46 bits per heavy atom. The molecule has 0 bridgehead atoms. The average Bonchev–Trinajstić information content (AvgIpc) is 2.03. The Bertz CT molecular complexity index is 244. The first-order valence-electron chi connectivity index (χ1n) is 5.22. The van der Waals surface area contributed by atoms with Crippen LogP contribution in [-0.2, 0) is 0 Å². The van der Waals surface area contributed by atoms with Crippen LogP contribution in [0.5, 0.6) is 0 Å². The number of aliphatic hydroxyl groups is 1. The minimum Gasteiger partial charge on any atom is -0.393 e. The zero-order valence-electron chi connectivity index (χ0n) is 8.29. The van der Waals surface area contributed by atoms with Crippen LogP contribution in [0.25, 0.3) is 0 Å². The van der Waals surface area contributed by atoms with Gasteiger partial charge in [-0.3, -0.25) is 0 Å². The van der Waals surface area contributed by atoms with Crippen molar-refractivity contribution in [3.63, 3.8) is 0 Å². The van der Waals surface area contributed by atoms with E-state index in [1.54, 1.807) is 0 Å². The van der Waals surface area contributed by atoms with Crippen molar-refractivity contribution in [2.24, 2.45) is 5.41 Å². The molecular formula is C12H18O. The fourth-order valence-electron chi connectivity index (χ4n) is 2.51. The summed E-state index contributed by atoms with van der Waals surface area (Å²) in [5.41, 5.74) is 1.85. The summed E-state index contributed by atoms with van der Waals surface area (Å²) in [7, 11) is 0. The highest BCUT2D eigenvalue weighted by molar-refractivity contribution is 5.24. The Balaban J connectivity index is 1.91. The van der Waals surface area contributed by atoms with Gasteiger partial charge >= 0.3 is 0 Å². The first kappa shape index (κ1) is 9.01. The second kappa shape index (κ2) is 3.30. The van der Waals surface area contributed by atoms with Crippen LogP contribution < -0.4 is 0 Å². The summed E-state index contributed by atoms with van der Waals surface area (Å²) in [5.74, 6) is 0. The molecule has 0 aromatic rings. The summed E-state index contributed by atoms with van der Waals surface area (Å²) < 4.78 is 0. The zero-order chi connectivity index (χ0) is 9.31. The largest absolute Gasteiger partial charge is 0.393 e. The lowest BCUT2D eigenvalue weighted by molar-refractivity contribution is -0.0192. The molecule has 2 aliphatic rings. The van der Waals surface area contributed by atoms with Crippen molar-refractivity contribution in [2.45, 2.75) is 45.1 Å². The third-order valence-electron chi connectivity index (χ3n) is 3.16. The third kappa shape index (κ3) is 2.02. The Morgan fingerprint density at radius 2 is 2.23 bits per heavy atom. The summed E-state index contributed by atoms with van der Waals surface area (Å²) in [4.78, 5) is 0. The first-order valence-corrected chi connectivity index (χ1v) is 5.22. The van der Waals surface area contributed by atoms with Crippen LogP contribution in [-0.4, -0.2) is 11.2 Å². The van der Waals surface area contributed by atoms with Gasteiger partial charge in [0.05, 0.1) is 6.10 Å². The van der Waals surface area contributed by atoms with E-state index in [2.05, 4.69) is 25.2 Å². The quantitative estimate of drug-likeness (QED) is 0.689. The van der Waals surface area contributed by atoms with Crippen molar-refractivity contribution in [1.29, 1.82) is 0 Å². The molecule has 2 rings (SSSR count). The number of rotatable bonds is 2. The fraction of sp³-hybridized carbons (Fsp3) is 0.667. The molecule has 2 aliphatic carbocycles. The maximum Gasteiger partial charge on any atom is 0.0550 e. The number of hydrogen-bond acceptors (Lipinski definition) is 1. The van der Waals surface area contributed by atoms with E-state index in [-0.39, 0.29) is 6.10 Å². The van der Waals surface area contributed by atoms with Gasteiger partial charge in [0.1, 0.15) is 0 Å². The number of aliphatic hydroxyl groups excluding tert-OH is 1. The Morgan fingerprint density at radius 3 is 2.77 bits per heavy atom. The maximum absolute atomic E-state index is 9.28. The van der Waals surface area contributed by atoms with Crippen molar-refractivity contribution >= 4 is 0 Å². The van der Waals surface area contributed by atoms with Crippen LogP contribution in [0.2, 0.25) is 0 Å². The van der Waals surface area contributed by atoms with Gasteiger partial charge in [0, 0.05) is 0 Å². The fourth-order valence-corrected chi connectivity index (χ4v) is 2.51. The highest BCUT2D eigenvalue weighted by atomic mass is 16.3. The summed E-state index contributed by atoms with van der Waals surface area (Å²) in [6.07, 6.45) is 12.3. The van der Waals surface area contributed by atoms with Gasteiger partial charge in [-0.1, -0.05) is 30.7 Å². The molecule has 0 radical (unpaired) electrons. The van der Waals surface area contributed by atoms with Gasteiger partial charge in [0.15, 0.2) is 0 Å². The molecule has 0 spiro atoms. The third-order valence-corrected chi connectivity index (χ3v) is 3.16. The molecule has 1 nitrogen and oxygen atoms in total. The molecule has 0 aliphatic heterocycles. The van der Waals surface area contributed by atoms with Crippen LogP contribution in [0.1, 0.15) is 39.0 Å². The molecule has 0 atom stereocenters. The van der Waals surface area contributed by atoms with Gasteiger partial charge in [-0.25, -0.2) is 0 Å². The predicted molar refractivity (Wildman–Crippen MR) is 54.4 cm³/mol. The normalized spacial score (nSPS) is 38.3. The van der Waals surface area contributed by atoms with Crippen molar-refractivity contribution in [3.8, 4) is 0 Å². The second-order valence-corrected chi connectivity index (χ2v) is 4.81. The van der Waals surface area contributed by atoms with Gasteiger partial charge in [0.2, 0.25) is 0 Å². The molecule has 0 aromatic heterocycles. The standard InChI is InChI=1S/C12H18O/c1-12(8-11(13)9-12)7-10-5-3-2-4-6-10/h3,5-6,11,13H,2,4,7-9H2,1H3. The van der Waals surface area contributed by atoms with Gasteiger partial charge in [-0.2, -0.15) is 0 Å². The average molecular weight is 178 g/mol. The van der Waals surface area contributed by atoms with Crippen LogP contribution in [0, 0.1) is 5.41 Å². The van der Waals surface area contributed by atoms with E-state index in [0.29, 0.717) is 5.41 Å². The molecule has 1 heteroatoms. The highest BCUT2D eigenvalue weighted by Gasteiger charge is 2.39. The number of hydrogen-bond donors (Lipinski definition) is 1. The molecule has 0 amide bonds. The van der Waals surface area contributed by atoms with Crippen molar-refractivity contribution in [3.05, 3.63) is 23.8 Å². The van der Waals surface area contributed by atoms with Crippen molar-refractivity contribution in [2.75, 3.05) is 0 Å². The molecule has 1 N–H and O–H groups in total. The van der Waals surface area contributed by atoms with Crippen molar-refractivity contribution < 1.29 is 5.11 Å². The molecule has 13 heavy (non-hydrogen) atoms. The molecule has 72 valence electrons. The molecule has 0 heterocycles. The molecule has 0 saturated heterocycles. The Kier molecular flexibility index (Phi) is 2.29. The second-order valence-electron chi connectivity index (χ2n) is 4.81. The van der Waals surface area contributed by atoms with Gasteiger partial charge < -0.3 is 5.11 Å². The SMILES string of the molecule is CC1(CC2=CCCC=C2)CC(O)C1. The minimum absolute atomic E-state index is 0.0295. The van der Waals surface area contributed by atoms with Gasteiger partial charge in [-0.15, -0.1) is 0 Å². The summed E-state index contributed by atoms with van der Waals surface area (Å²) >= 11 is 0. The van der Waals surface area contributed by atoms with E-state index in [1.807, 2.05) is 0 Å². The van der Waals surface area contributed by atoms with Crippen molar-refractivity contribution in [1.82, 2.24) is 0 Å². The number of allylic oxidation sites excluding steroid dienone is 4. The van der Waals surface area contributed by atoms with Gasteiger partial charge in [0.25, 0.3) is 0 Å². The highest BCUT2D eigenvalue weighted by Crippen LogP contribution is 2.45. The lowest BCUT2D eigenvalue weighted by Crippen LogP contribution is -2.38. The first-order chi connectivity index (χ1) is 6.18. The lowest BCUT2D eigenvalue weighted by Gasteiger charge is -2.43. The Hall–Kier alpha value is -0.560. The van der Waals surface area contributed by atoms with E-state index in [9.17, 15) is 5.11 Å².